The standard InChI is InChI=1S/C18H20N4O/c23-18(15-7-19-16-4-2-1-3-14(15)16)21-20-17-12-5-11-6-13(17)10-22(8-11)9-12/h1-4,7,11-13,19H,5-6,8-10H2,(H,21,23). The van der Waals surface area contributed by atoms with E-state index in [0.29, 0.717) is 17.4 Å². The van der Waals surface area contributed by atoms with Gasteiger partial charge >= 0.3 is 0 Å². The van der Waals surface area contributed by atoms with E-state index < -0.39 is 0 Å². The van der Waals surface area contributed by atoms with Crippen LogP contribution in [0.4, 0.5) is 0 Å². The van der Waals surface area contributed by atoms with Gasteiger partial charge in [0.25, 0.3) is 5.91 Å². The SMILES string of the molecule is O=C(NN=C1C2CC3CC1CN(C3)C2)c1c[nH]c2ccccc12. The topological polar surface area (TPSA) is 60.5 Å². The average molecular weight is 308 g/mol. The molecule has 3 saturated heterocycles. The molecule has 2 aromatic rings. The predicted molar refractivity (Wildman–Crippen MR) is 89.3 cm³/mol. The Balaban J connectivity index is 1.39. The lowest BCUT2D eigenvalue weighted by Crippen LogP contribution is -2.58. The Hall–Kier alpha value is -2.14. The summed E-state index contributed by atoms with van der Waals surface area (Å²) in [4.78, 5) is 18.2. The van der Waals surface area contributed by atoms with Gasteiger partial charge < -0.3 is 9.88 Å². The Morgan fingerprint density at radius 3 is 2.74 bits per heavy atom. The van der Waals surface area contributed by atoms with Crippen LogP contribution in [0.3, 0.4) is 0 Å². The number of nitrogens with zero attached hydrogens (tertiary/aromatic N) is 2. The fourth-order valence-corrected chi connectivity index (χ4v) is 4.79. The Morgan fingerprint density at radius 1 is 1.17 bits per heavy atom. The molecule has 4 bridgehead atoms. The fraction of sp³-hybridized carbons (Fsp3) is 0.444. The summed E-state index contributed by atoms with van der Waals surface area (Å²) in [5.74, 6) is 1.81. The van der Waals surface area contributed by atoms with E-state index in [0.717, 1.165) is 29.9 Å². The molecule has 1 saturated carbocycles. The normalized spacial score (nSPS) is 31.6. The van der Waals surface area contributed by atoms with Crippen LogP contribution in [-0.2, 0) is 0 Å². The van der Waals surface area contributed by atoms with E-state index in [9.17, 15) is 4.79 Å². The second-order valence-electron chi connectivity index (χ2n) is 7.18. The van der Waals surface area contributed by atoms with Crippen molar-refractivity contribution in [1.29, 1.82) is 0 Å². The molecule has 5 heteroatoms. The monoisotopic (exact) mass is 308 g/mol. The number of rotatable bonds is 2. The number of fused-ring (bicyclic) bond motifs is 1. The third-order valence-electron chi connectivity index (χ3n) is 5.67. The third-order valence-corrected chi connectivity index (χ3v) is 5.67. The summed E-state index contributed by atoms with van der Waals surface area (Å²) in [5.41, 5.74) is 5.69. The molecule has 1 aliphatic carbocycles. The molecule has 0 spiro atoms. The molecule has 1 aromatic heterocycles. The van der Waals surface area contributed by atoms with Crippen molar-refractivity contribution in [1.82, 2.24) is 15.3 Å². The number of benzene rings is 1. The molecular weight excluding hydrogens is 288 g/mol. The van der Waals surface area contributed by atoms with Gasteiger partial charge in [-0.15, -0.1) is 0 Å². The fourth-order valence-electron chi connectivity index (χ4n) is 4.79. The highest BCUT2D eigenvalue weighted by Gasteiger charge is 2.45. The highest BCUT2D eigenvalue weighted by atomic mass is 16.2. The molecule has 1 amide bonds. The van der Waals surface area contributed by atoms with E-state index in [4.69, 9.17) is 0 Å². The number of hydrogen-bond donors (Lipinski definition) is 2. The minimum absolute atomic E-state index is 0.121. The predicted octanol–water partition coefficient (Wildman–Crippen LogP) is 2.23. The molecule has 2 atom stereocenters. The summed E-state index contributed by atoms with van der Waals surface area (Å²) < 4.78 is 0. The molecule has 0 radical (unpaired) electrons. The molecule has 4 heterocycles. The van der Waals surface area contributed by atoms with Crippen molar-refractivity contribution in [3.05, 3.63) is 36.0 Å². The second kappa shape index (κ2) is 4.93. The molecule has 118 valence electrons. The minimum Gasteiger partial charge on any atom is -0.360 e. The van der Waals surface area contributed by atoms with Crippen LogP contribution in [-0.4, -0.2) is 41.1 Å². The first-order valence-electron chi connectivity index (χ1n) is 8.44. The van der Waals surface area contributed by atoms with E-state index in [-0.39, 0.29) is 5.91 Å². The molecule has 2 N–H and O–H groups in total. The van der Waals surface area contributed by atoms with Gasteiger partial charge in [-0.2, -0.15) is 5.10 Å². The smallest absolute Gasteiger partial charge is 0.273 e. The first kappa shape index (κ1) is 13.3. The van der Waals surface area contributed by atoms with E-state index in [2.05, 4.69) is 20.4 Å². The number of piperidine rings is 3. The number of aromatic nitrogens is 1. The number of carbonyl (C=O) groups excluding carboxylic acids is 1. The molecule has 3 aliphatic heterocycles. The van der Waals surface area contributed by atoms with Gasteiger partial charge in [-0.3, -0.25) is 4.79 Å². The first-order valence-corrected chi connectivity index (χ1v) is 8.44. The van der Waals surface area contributed by atoms with Crippen molar-refractivity contribution in [2.24, 2.45) is 22.9 Å². The van der Waals surface area contributed by atoms with Crippen molar-refractivity contribution in [2.45, 2.75) is 12.8 Å². The number of aromatic amines is 1. The van der Waals surface area contributed by atoms with E-state index in [1.165, 1.54) is 25.1 Å². The van der Waals surface area contributed by atoms with Crippen LogP contribution in [0.2, 0.25) is 0 Å². The van der Waals surface area contributed by atoms with E-state index in [1.807, 2.05) is 24.3 Å². The van der Waals surface area contributed by atoms with Crippen LogP contribution in [0, 0.1) is 17.8 Å². The zero-order valence-electron chi connectivity index (χ0n) is 13.0. The summed E-state index contributed by atoms with van der Waals surface area (Å²) in [6.07, 6.45) is 4.26. The number of carbonyl (C=O) groups is 1. The van der Waals surface area contributed by atoms with Gasteiger partial charge in [0.05, 0.1) is 5.56 Å². The van der Waals surface area contributed by atoms with Crippen molar-refractivity contribution < 1.29 is 4.79 Å². The number of hydrazone groups is 1. The summed E-state index contributed by atoms with van der Waals surface area (Å²) in [6, 6.07) is 7.85. The number of para-hydroxylation sites is 1. The number of nitrogens with one attached hydrogen (secondary N) is 2. The Morgan fingerprint density at radius 2 is 1.96 bits per heavy atom. The maximum absolute atomic E-state index is 12.5. The van der Waals surface area contributed by atoms with Crippen molar-refractivity contribution >= 4 is 22.5 Å². The van der Waals surface area contributed by atoms with Crippen molar-refractivity contribution in [3.63, 3.8) is 0 Å². The van der Waals surface area contributed by atoms with Gasteiger partial charge in [-0.05, 0) is 24.8 Å². The Bertz CT molecular complexity index is 776. The van der Waals surface area contributed by atoms with Crippen molar-refractivity contribution in [3.8, 4) is 0 Å². The van der Waals surface area contributed by atoms with Gasteiger partial charge in [0.15, 0.2) is 0 Å². The zero-order chi connectivity index (χ0) is 15.4. The second-order valence-corrected chi connectivity index (χ2v) is 7.18. The lowest BCUT2D eigenvalue weighted by atomic mass is 9.67. The van der Waals surface area contributed by atoms with Crippen LogP contribution in [0.5, 0.6) is 0 Å². The largest absolute Gasteiger partial charge is 0.360 e. The Kier molecular flexibility index (Phi) is 2.85. The summed E-state index contributed by atoms with van der Waals surface area (Å²) >= 11 is 0. The van der Waals surface area contributed by atoms with Crippen LogP contribution in [0.15, 0.2) is 35.6 Å². The minimum atomic E-state index is -0.121. The van der Waals surface area contributed by atoms with Crippen LogP contribution in [0.1, 0.15) is 23.2 Å². The number of hydrogen-bond acceptors (Lipinski definition) is 3. The van der Waals surface area contributed by atoms with Gasteiger partial charge in [0.2, 0.25) is 0 Å². The Labute approximate surface area is 134 Å². The molecule has 6 rings (SSSR count). The number of amides is 1. The lowest BCUT2D eigenvalue weighted by molar-refractivity contribution is 0.0562. The molecular formula is C18H20N4O. The quantitative estimate of drug-likeness (QED) is 0.836. The third kappa shape index (κ3) is 2.10. The highest BCUT2D eigenvalue weighted by molar-refractivity contribution is 6.07. The van der Waals surface area contributed by atoms with E-state index >= 15 is 0 Å². The van der Waals surface area contributed by atoms with Gasteiger partial charge in [-0.1, -0.05) is 18.2 Å². The van der Waals surface area contributed by atoms with Crippen molar-refractivity contribution in [2.75, 3.05) is 19.6 Å². The maximum atomic E-state index is 12.5. The maximum Gasteiger partial charge on any atom is 0.273 e. The van der Waals surface area contributed by atoms with Gasteiger partial charge in [-0.25, -0.2) is 5.43 Å². The van der Waals surface area contributed by atoms with Crippen LogP contribution >= 0.6 is 0 Å². The summed E-state index contributed by atoms with van der Waals surface area (Å²) in [5, 5.41) is 5.51. The average Bonchev–Trinajstić information content (AvgIpc) is 2.97. The summed E-state index contributed by atoms with van der Waals surface area (Å²) in [7, 11) is 0. The summed E-state index contributed by atoms with van der Waals surface area (Å²) in [6.45, 7) is 3.51. The first-order chi connectivity index (χ1) is 11.3. The lowest BCUT2D eigenvalue weighted by Gasteiger charge is -2.52. The molecule has 2 unspecified atom stereocenters. The molecule has 5 nitrogen and oxygen atoms in total. The molecule has 23 heavy (non-hydrogen) atoms. The highest BCUT2D eigenvalue weighted by Crippen LogP contribution is 2.41. The molecule has 4 aliphatic rings. The van der Waals surface area contributed by atoms with Gasteiger partial charge in [0, 0.05) is 54.3 Å². The zero-order valence-corrected chi connectivity index (χ0v) is 13.0. The van der Waals surface area contributed by atoms with Gasteiger partial charge in [0.1, 0.15) is 0 Å². The van der Waals surface area contributed by atoms with E-state index in [1.54, 1.807) is 6.20 Å². The van der Waals surface area contributed by atoms with Crippen LogP contribution in [0.25, 0.3) is 10.9 Å². The number of H-pyrrole nitrogens is 1. The molecule has 1 aromatic carbocycles. The van der Waals surface area contributed by atoms with Crippen LogP contribution < -0.4 is 5.43 Å². The molecule has 4 fully saturated rings.